The summed E-state index contributed by atoms with van der Waals surface area (Å²) in [5.74, 6) is 0. The van der Waals surface area contributed by atoms with Gasteiger partial charge in [-0.1, -0.05) is 6.32 Å². The topological polar surface area (TPSA) is 0 Å². The van der Waals surface area contributed by atoms with E-state index in [2.05, 4.69) is 14.3 Å². The summed E-state index contributed by atoms with van der Waals surface area (Å²) in [5.41, 5.74) is 0. The highest BCUT2D eigenvalue weighted by molar-refractivity contribution is 7.23. The first-order valence-electron chi connectivity index (χ1n) is 2.52. The van der Waals surface area contributed by atoms with Crippen molar-refractivity contribution in [2.45, 2.75) is 6.32 Å². The van der Waals surface area contributed by atoms with Crippen molar-refractivity contribution in [3.63, 3.8) is 0 Å². The van der Waals surface area contributed by atoms with Crippen LogP contribution in [-0.4, -0.2) is 22.0 Å². The lowest BCUT2D eigenvalue weighted by molar-refractivity contribution is 1.75. The van der Waals surface area contributed by atoms with Crippen LogP contribution in [0.1, 0.15) is 0 Å². The molecule has 0 aliphatic rings. The largest absolute Gasteiger partial charge is 0.104 e. The molecular weight excluding hydrogens is 68.5 g/mol. The SMILES string of the molecule is BBBCC=C. The fraction of sp³-hybridized carbons (Fsp3) is 0.333. The van der Waals surface area contributed by atoms with Gasteiger partial charge in [0.25, 0.3) is 0 Å². The van der Waals surface area contributed by atoms with Crippen molar-refractivity contribution >= 4 is 22.0 Å². The van der Waals surface area contributed by atoms with E-state index >= 15 is 0 Å². The Morgan fingerprint density at radius 2 is 2.50 bits per heavy atom. The monoisotopic (exact) mass is 78.1 g/mol. The second-order valence-electron chi connectivity index (χ2n) is 1.43. The molecule has 0 spiro atoms. The summed E-state index contributed by atoms with van der Waals surface area (Å²) in [4.78, 5) is 0. The van der Waals surface area contributed by atoms with E-state index in [0.717, 1.165) is 0 Å². The lowest BCUT2D eigenvalue weighted by Gasteiger charge is -1.76. The average Bonchev–Trinajstić information content (AvgIpc) is 1.61. The Labute approximate surface area is 41.9 Å². The summed E-state index contributed by atoms with van der Waals surface area (Å²) in [6, 6.07) is 0. The third kappa shape index (κ3) is 3.93. The highest BCUT2D eigenvalue weighted by Crippen LogP contribution is 1.71. The fourth-order valence-electron chi connectivity index (χ4n) is 0.348. The molecule has 0 aromatic heterocycles. The minimum atomic E-state index is 1.18. The van der Waals surface area contributed by atoms with Gasteiger partial charge in [0, 0.05) is 0 Å². The third-order valence-electron chi connectivity index (χ3n) is 0.762. The summed E-state index contributed by atoms with van der Waals surface area (Å²) < 4.78 is 0. The molecular formula is C3H9B3. The van der Waals surface area contributed by atoms with Crippen molar-refractivity contribution < 1.29 is 0 Å². The van der Waals surface area contributed by atoms with Gasteiger partial charge < -0.3 is 0 Å². The maximum atomic E-state index is 3.60. The molecule has 0 saturated heterocycles. The van der Waals surface area contributed by atoms with Gasteiger partial charge in [0.2, 0.25) is 0 Å². The van der Waals surface area contributed by atoms with Crippen molar-refractivity contribution in [1.29, 1.82) is 0 Å². The van der Waals surface area contributed by atoms with Crippen LogP contribution >= 0.6 is 0 Å². The van der Waals surface area contributed by atoms with Crippen molar-refractivity contribution in [1.82, 2.24) is 0 Å². The van der Waals surface area contributed by atoms with Gasteiger partial charge in [-0.3, -0.25) is 0 Å². The number of hydrogen-bond donors (Lipinski definition) is 0. The molecule has 0 amide bonds. The van der Waals surface area contributed by atoms with Crippen LogP contribution in [0.3, 0.4) is 0 Å². The van der Waals surface area contributed by atoms with Gasteiger partial charge in [0.1, 0.15) is 0 Å². The van der Waals surface area contributed by atoms with E-state index in [0.29, 0.717) is 0 Å². The molecule has 0 saturated carbocycles. The molecule has 30 valence electrons. The second-order valence-corrected chi connectivity index (χ2v) is 1.43. The third-order valence-corrected chi connectivity index (χ3v) is 0.762. The van der Waals surface area contributed by atoms with Gasteiger partial charge in [-0.15, -0.1) is 12.7 Å². The van der Waals surface area contributed by atoms with Crippen LogP contribution < -0.4 is 0 Å². The molecule has 0 aromatic rings. The van der Waals surface area contributed by atoms with Crippen LogP contribution in [-0.2, 0) is 0 Å². The zero-order chi connectivity index (χ0) is 4.83. The lowest BCUT2D eigenvalue weighted by Crippen LogP contribution is -1.99. The summed E-state index contributed by atoms with van der Waals surface area (Å²) in [5, 5.41) is 0. The number of allylic oxidation sites excluding steroid dienone is 1. The Kier molecular flexibility index (Phi) is 4.88. The van der Waals surface area contributed by atoms with Crippen LogP contribution in [0.15, 0.2) is 12.7 Å². The van der Waals surface area contributed by atoms with Crippen LogP contribution in [0, 0.1) is 0 Å². The van der Waals surface area contributed by atoms with Crippen molar-refractivity contribution in [2.24, 2.45) is 0 Å². The van der Waals surface area contributed by atoms with E-state index in [1.165, 1.54) is 20.6 Å². The first-order valence-corrected chi connectivity index (χ1v) is 2.52. The average molecular weight is 77.5 g/mol. The highest BCUT2D eigenvalue weighted by atomic mass is 13.4. The number of hydrogen-bond acceptors (Lipinski definition) is 0. The smallest absolute Gasteiger partial charge is 0.0826 e. The normalized spacial score (nSPS) is 6.67. The molecule has 0 N–H and O–H groups in total. The maximum absolute atomic E-state index is 3.60. The predicted octanol–water partition coefficient (Wildman–Crippen LogP) is -1.07. The molecule has 0 aliphatic carbocycles. The van der Waals surface area contributed by atoms with E-state index in [1.807, 2.05) is 6.08 Å². The molecule has 0 aliphatic heterocycles. The Morgan fingerprint density at radius 3 is 2.67 bits per heavy atom. The van der Waals surface area contributed by atoms with Crippen LogP contribution in [0.2, 0.25) is 6.32 Å². The Hall–Kier alpha value is -0.0652. The summed E-state index contributed by atoms with van der Waals surface area (Å²) in [6.45, 7) is 3.60. The van der Waals surface area contributed by atoms with Gasteiger partial charge in [-0.05, 0) is 0 Å². The highest BCUT2D eigenvalue weighted by Gasteiger charge is 1.78. The molecule has 6 heavy (non-hydrogen) atoms. The number of rotatable bonds is 3. The minimum absolute atomic E-state index is 1.18. The summed E-state index contributed by atoms with van der Waals surface area (Å²) in [6.07, 6.45) is 3.14. The van der Waals surface area contributed by atoms with Gasteiger partial charge in [-0.2, -0.15) is 0 Å². The molecule has 0 nitrogen and oxygen atoms in total. The minimum Gasteiger partial charge on any atom is -0.104 e. The summed E-state index contributed by atoms with van der Waals surface area (Å²) >= 11 is 0. The van der Waals surface area contributed by atoms with Crippen LogP contribution in [0.5, 0.6) is 0 Å². The first kappa shape index (κ1) is 5.93. The standard InChI is InChI=1S/C3H9B3/c1-2-3-5-6-4/h2,5-6H,1,3-4H2. The molecule has 0 bridgehead atoms. The van der Waals surface area contributed by atoms with E-state index in [9.17, 15) is 0 Å². The van der Waals surface area contributed by atoms with Gasteiger partial charge in [-0.25, -0.2) is 0 Å². The quantitative estimate of drug-likeness (QED) is 0.229. The Bertz CT molecular complexity index is 35.0. The predicted molar refractivity (Wildman–Crippen MR) is 37.8 cm³/mol. The fourth-order valence-corrected chi connectivity index (χ4v) is 0.348. The molecule has 0 radical (unpaired) electrons. The molecule has 0 atom stereocenters. The molecule has 0 rings (SSSR count). The van der Waals surface area contributed by atoms with Gasteiger partial charge in [0.15, 0.2) is 0 Å². The van der Waals surface area contributed by atoms with Gasteiger partial charge >= 0.3 is 0 Å². The molecule has 0 unspecified atom stereocenters. The Morgan fingerprint density at radius 1 is 1.83 bits per heavy atom. The zero-order valence-corrected chi connectivity index (χ0v) is 4.41. The Balaban J connectivity index is 2.49. The first-order chi connectivity index (χ1) is 2.91. The second kappa shape index (κ2) is 4.93. The molecule has 0 heterocycles. The van der Waals surface area contributed by atoms with Gasteiger partial charge in [0.05, 0.1) is 22.0 Å². The maximum Gasteiger partial charge on any atom is 0.0826 e. The van der Waals surface area contributed by atoms with E-state index in [-0.39, 0.29) is 0 Å². The van der Waals surface area contributed by atoms with Crippen molar-refractivity contribution in [3.8, 4) is 0 Å². The van der Waals surface area contributed by atoms with Crippen LogP contribution in [0.25, 0.3) is 0 Å². The molecule has 3 heteroatoms. The van der Waals surface area contributed by atoms with E-state index in [4.69, 9.17) is 0 Å². The van der Waals surface area contributed by atoms with Crippen LogP contribution in [0.4, 0.5) is 0 Å². The molecule has 0 fully saturated rings. The molecule has 0 aromatic carbocycles. The van der Waals surface area contributed by atoms with E-state index < -0.39 is 0 Å². The summed E-state index contributed by atoms with van der Waals surface area (Å²) in [7, 11) is 4.76. The lowest BCUT2D eigenvalue weighted by atomic mass is 9.27. The van der Waals surface area contributed by atoms with Crippen molar-refractivity contribution in [2.75, 3.05) is 0 Å². The van der Waals surface area contributed by atoms with Crippen molar-refractivity contribution in [3.05, 3.63) is 12.7 Å². The zero-order valence-electron chi connectivity index (χ0n) is 4.41. The van der Waals surface area contributed by atoms with E-state index in [1.54, 1.807) is 0 Å².